The van der Waals surface area contributed by atoms with Crippen LogP contribution in [0.2, 0.25) is 0 Å². The molecule has 0 radical (unpaired) electrons. The second-order valence-electron chi connectivity index (χ2n) is 7.65. The van der Waals surface area contributed by atoms with Crippen LogP contribution in [0, 0.1) is 45.3 Å². The molecule has 0 bridgehead atoms. The van der Waals surface area contributed by atoms with Crippen LogP contribution in [-0.2, 0) is 10.2 Å². The van der Waals surface area contributed by atoms with Crippen molar-refractivity contribution in [1.82, 2.24) is 4.90 Å². The van der Waals surface area contributed by atoms with Crippen LogP contribution in [0.25, 0.3) is 0 Å². The van der Waals surface area contributed by atoms with Gasteiger partial charge in [0, 0.05) is 24.7 Å². The van der Waals surface area contributed by atoms with Crippen LogP contribution in [0.3, 0.4) is 0 Å². The molecule has 1 spiro atoms. The van der Waals surface area contributed by atoms with Gasteiger partial charge in [-0.3, -0.25) is 9.69 Å². The van der Waals surface area contributed by atoms with Crippen LogP contribution in [-0.4, -0.2) is 30.4 Å². The van der Waals surface area contributed by atoms with Crippen LogP contribution in [0.15, 0.2) is 47.2 Å². The first-order valence-corrected chi connectivity index (χ1v) is 9.58. The van der Waals surface area contributed by atoms with E-state index in [-0.39, 0.29) is 11.3 Å². The minimum absolute atomic E-state index is 0.136. The van der Waals surface area contributed by atoms with Crippen LogP contribution in [0.1, 0.15) is 18.9 Å². The molecule has 1 amide bonds. The van der Waals surface area contributed by atoms with Gasteiger partial charge in [-0.15, -0.1) is 0 Å². The minimum atomic E-state index is -1.98. The van der Waals surface area contributed by atoms with E-state index in [2.05, 4.69) is 35.3 Å². The van der Waals surface area contributed by atoms with Gasteiger partial charge in [0.05, 0.1) is 23.4 Å². The molecule has 1 aliphatic carbocycles. The molecule has 1 aromatic rings. The van der Waals surface area contributed by atoms with E-state index in [4.69, 9.17) is 5.73 Å². The lowest BCUT2D eigenvalue weighted by atomic mass is 9.48. The number of fused-ring (bicyclic) bond motifs is 4. The Morgan fingerprint density at radius 1 is 1.28 bits per heavy atom. The van der Waals surface area contributed by atoms with Gasteiger partial charge in [0.15, 0.2) is 0 Å². The number of nitrogens with zero attached hydrogens (tertiary/aromatic N) is 4. The van der Waals surface area contributed by atoms with E-state index in [0.717, 1.165) is 13.0 Å². The first kappa shape index (κ1) is 18.7. The molecule has 0 aromatic heterocycles. The molecule has 3 N–H and O–H groups in total. The Kier molecular flexibility index (Phi) is 4.19. The number of anilines is 1. The van der Waals surface area contributed by atoms with Crippen LogP contribution in [0.4, 0.5) is 5.69 Å². The summed E-state index contributed by atoms with van der Waals surface area (Å²) in [4.78, 5) is 15.8. The highest BCUT2D eigenvalue weighted by Gasteiger charge is 2.71. The largest absolute Gasteiger partial charge is 0.399 e. The molecule has 7 nitrogen and oxygen atoms in total. The van der Waals surface area contributed by atoms with Crippen molar-refractivity contribution in [3.63, 3.8) is 0 Å². The molecule has 1 aromatic carbocycles. The maximum Gasteiger partial charge on any atom is 0.238 e. The number of hydrogen-bond acceptors (Lipinski definition) is 6. The normalized spacial score (nSPS) is 27.2. The summed E-state index contributed by atoms with van der Waals surface area (Å²) >= 11 is 0. The molecule has 3 aliphatic rings. The molecule has 7 heteroatoms. The lowest BCUT2D eigenvalue weighted by Gasteiger charge is -2.51. The molecule has 144 valence electrons. The number of rotatable bonds is 2. The van der Waals surface area contributed by atoms with Crippen molar-refractivity contribution < 1.29 is 4.79 Å². The fourth-order valence-corrected chi connectivity index (χ4v) is 5.21. The molecule has 0 fully saturated rings. The van der Waals surface area contributed by atoms with Crippen molar-refractivity contribution in [2.45, 2.75) is 18.8 Å². The van der Waals surface area contributed by atoms with Gasteiger partial charge in [0.1, 0.15) is 11.5 Å². The Balaban J connectivity index is 2.12. The van der Waals surface area contributed by atoms with E-state index in [1.165, 1.54) is 0 Å². The highest BCUT2D eigenvalue weighted by Crippen LogP contribution is 2.62. The second kappa shape index (κ2) is 6.48. The van der Waals surface area contributed by atoms with Gasteiger partial charge in [-0.2, -0.15) is 15.8 Å². The number of para-hydroxylation sites is 1. The third-order valence-corrected chi connectivity index (χ3v) is 6.41. The number of benzene rings is 1. The van der Waals surface area contributed by atoms with E-state index in [9.17, 15) is 20.6 Å². The fourth-order valence-electron chi connectivity index (χ4n) is 5.21. The number of nitrogens with two attached hydrogens (primary N) is 1. The smallest absolute Gasteiger partial charge is 0.238 e. The molecule has 2 aliphatic heterocycles. The average Bonchev–Trinajstić information content (AvgIpc) is 3.03. The van der Waals surface area contributed by atoms with Gasteiger partial charge < -0.3 is 11.1 Å². The van der Waals surface area contributed by atoms with Crippen LogP contribution < -0.4 is 11.1 Å². The minimum Gasteiger partial charge on any atom is -0.399 e. The van der Waals surface area contributed by atoms with E-state index in [0.29, 0.717) is 29.9 Å². The molecular formula is C22H20N6O. The van der Waals surface area contributed by atoms with Gasteiger partial charge in [-0.1, -0.05) is 31.2 Å². The van der Waals surface area contributed by atoms with Gasteiger partial charge >= 0.3 is 0 Å². The summed E-state index contributed by atoms with van der Waals surface area (Å²) in [6, 6.07) is 13.3. The first-order valence-electron chi connectivity index (χ1n) is 9.58. The van der Waals surface area contributed by atoms with E-state index >= 15 is 0 Å². The number of hydrogen-bond donors (Lipinski definition) is 2. The fraction of sp³-hybridized carbons (Fsp3) is 0.364. The highest BCUT2D eigenvalue weighted by molar-refractivity contribution is 6.09. The number of nitrogens with one attached hydrogen (secondary N) is 1. The molecule has 0 saturated heterocycles. The number of allylic oxidation sites excluding steroid dienone is 2. The third kappa shape index (κ3) is 2.10. The molecule has 2 heterocycles. The number of amides is 1. The summed E-state index contributed by atoms with van der Waals surface area (Å²) in [7, 11) is 0. The quantitative estimate of drug-likeness (QED) is 0.801. The predicted molar refractivity (Wildman–Crippen MR) is 106 cm³/mol. The van der Waals surface area contributed by atoms with Crippen molar-refractivity contribution in [3.8, 4) is 18.2 Å². The lowest BCUT2D eigenvalue weighted by Crippen LogP contribution is -2.62. The maximum absolute atomic E-state index is 13.6. The summed E-state index contributed by atoms with van der Waals surface area (Å²) in [6.45, 7) is 3.97. The molecular weight excluding hydrogens is 364 g/mol. The topological polar surface area (TPSA) is 130 Å². The van der Waals surface area contributed by atoms with Crippen molar-refractivity contribution in [2.24, 2.45) is 17.1 Å². The highest BCUT2D eigenvalue weighted by atomic mass is 16.2. The Hall–Kier alpha value is -3.60. The van der Waals surface area contributed by atoms with Crippen LogP contribution in [0.5, 0.6) is 0 Å². The average molecular weight is 384 g/mol. The number of carbonyl (C=O) groups excluding carboxylic acids is 1. The summed E-state index contributed by atoms with van der Waals surface area (Å²) < 4.78 is 0. The molecule has 2 atom stereocenters. The van der Waals surface area contributed by atoms with Crippen molar-refractivity contribution >= 4 is 11.6 Å². The van der Waals surface area contributed by atoms with Crippen LogP contribution >= 0.6 is 0 Å². The van der Waals surface area contributed by atoms with Gasteiger partial charge in [-0.05, 0) is 30.2 Å². The molecule has 29 heavy (non-hydrogen) atoms. The van der Waals surface area contributed by atoms with E-state index in [1.54, 1.807) is 24.3 Å². The Morgan fingerprint density at radius 2 is 2.00 bits per heavy atom. The van der Waals surface area contributed by atoms with E-state index < -0.39 is 22.7 Å². The number of nitriles is 3. The lowest BCUT2D eigenvalue weighted by molar-refractivity contribution is -0.125. The van der Waals surface area contributed by atoms with E-state index in [1.807, 2.05) is 6.08 Å². The zero-order valence-electron chi connectivity index (χ0n) is 16.1. The Bertz CT molecular complexity index is 1080. The molecule has 0 saturated carbocycles. The first-order chi connectivity index (χ1) is 14.0. The zero-order valence-corrected chi connectivity index (χ0v) is 16.1. The third-order valence-electron chi connectivity index (χ3n) is 6.41. The summed E-state index contributed by atoms with van der Waals surface area (Å²) in [5.74, 6) is -0.955. The van der Waals surface area contributed by atoms with Gasteiger partial charge in [0.2, 0.25) is 11.3 Å². The second-order valence-corrected chi connectivity index (χ2v) is 7.65. The molecule has 4 rings (SSSR count). The summed E-state index contributed by atoms with van der Waals surface area (Å²) in [6.07, 6.45) is 2.85. The standard InChI is InChI=1S/C22H20N6O/c1-2-8-28-9-7-14-15(10-23)19(26)21(12-24,13-25)22(17(14)11-28)16-5-3-4-6-18(16)27-20(22)29/h3-7,17H,2,8-9,11,26H2,1H3,(H,27,29)/t17-,22+/m0/s1. The Morgan fingerprint density at radius 3 is 2.66 bits per heavy atom. The Labute approximate surface area is 169 Å². The monoisotopic (exact) mass is 384 g/mol. The number of carbonyl (C=O) groups is 1. The molecule has 0 unspecified atom stereocenters. The SMILES string of the molecule is CCCN1CC=C2C(C#N)=C(N)C(C#N)(C#N)[C@@]3(C(=O)Nc4ccccc43)[C@H]2C1. The zero-order chi connectivity index (χ0) is 20.8. The van der Waals surface area contributed by atoms with Crippen molar-refractivity contribution in [2.75, 3.05) is 25.0 Å². The van der Waals surface area contributed by atoms with Gasteiger partial charge in [-0.25, -0.2) is 0 Å². The predicted octanol–water partition coefficient (Wildman–Crippen LogP) is 1.93. The maximum atomic E-state index is 13.6. The summed E-state index contributed by atoms with van der Waals surface area (Å²) in [5, 5.41) is 33.2. The van der Waals surface area contributed by atoms with Gasteiger partial charge in [0.25, 0.3) is 0 Å². The van der Waals surface area contributed by atoms with Crippen molar-refractivity contribution in [3.05, 3.63) is 52.7 Å². The van der Waals surface area contributed by atoms with Crippen molar-refractivity contribution in [1.29, 1.82) is 15.8 Å². The summed E-state index contributed by atoms with van der Waals surface area (Å²) in [5.41, 5.74) is 4.68.